The van der Waals surface area contributed by atoms with E-state index in [1.54, 1.807) is 0 Å². The van der Waals surface area contributed by atoms with Gasteiger partial charge in [0.05, 0.1) is 5.75 Å². The fourth-order valence-corrected chi connectivity index (χ4v) is 8.60. The highest BCUT2D eigenvalue weighted by Gasteiger charge is 2.47. The Kier molecular flexibility index (Phi) is 9.88. The topological polar surface area (TPSA) is 6.25 Å². The molecule has 0 spiro atoms. The largest absolute Gasteiger partial charge is 0.344 e. The highest BCUT2D eigenvalue weighted by atomic mass is 32.2. The Morgan fingerprint density at radius 3 is 2.21 bits per heavy atom. The van der Waals surface area contributed by atoms with Crippen molar-refractivity contribution in [2.75, 3.05) is 30.3 Å². The number of para-hydroxylation sites is 1. The summed E-state index contributed by atoms with van der Waals surface area (Å²) in [4.78, 5) is 2.72. The molecule has 1 fully saturated rings. The Morgan fingerprint density at radius 1 is 0.884 bits per heavy atom. The van der Waals surface area contributed by atoms with Crippen molar-refractivity contribution in [1.82, 2.24) is 0 Å². The van der Waals surface area contributed by atoms with Crippen molar-refractivity contribution in [3.63, 3.8) is 0 Å². The Balaban J connectivity index is 1.44. The molecule has 0 saturated heterocycles. The minimum absolute atomic E-state index is 0.135. The third-order valence-corrected chi connectivity index (χ3v) is 10.9. The third-order valence-electron chi connectivity index (χ3n) is 9.82. The highest BCUT2D eigenvalue weighted by Crippen LogP contribution is 2.52. The van der Waals surface area contributed by atoms with Gasteiger partial charge in [-0.3, -0.25) is 0 Å². The first-order chi connectivity index (χ1) is 21.1. The van der Waals surface area contributed by atoms with Gasteiger partial charge < -0.3 is 4.90 Å². The van der Waals surface area contributed by atoms with Gasteiger partial charge in [-0.2, -0.15) is 0 Å². The van der Waals surface area contributed by atoms with E-state index in [-0.39, 0.29) is 5.41 Å². The molecule has 1 aliphatic carbocycles. The number of thioether (sulfide) groups is 1. The zero-order chi connectivity index (χ0) is 29.5. The van der Waals surface area contributed by atoms with Crippen molar-refractivity contribution in [3.05, 3.63) is 126 Å². The van der Waals surface area contributed by atoms with E-state index in [2.05, 4.69) is 126 Å². The van der Waals surface area contributed by atoms with Crippen molar-refractivity contribution in [3.8, 4) is 0 Å². The zero-order valence-electron chi connectivity index (χ0n) is 26.3. The molecular weight excluding hydrogens is 541 g/mol. The Hall–Kier alpha value is -3.04. The van der Waals surface area contributed by atoms with Crippen LogP contribution in [0.25, 0.3) is 0 Å². The van der Waals surface area contributed by atoms with E-state index in [1.807, 2.05) is 11.8 Å². The summed E-state index contributed by atoms with van der Waals surface area (Å²) in [7, 11) is 0. The number of hydrogen-bond donors (Lipinski definition) is 0. The van der Waals surface area contributed by atoms with E-state index in [0.29, 0.717) is 0 Å². The molecule has 3 heteroatoms. The molecule has 6 rings (SSSR count). The van der Waals surface area contributed by atoms with Crippen LogP contribution in [-0.2, 0) is 18.3 Å². The number of anilines is 1. The van der Waals surface area contributed by atoms with Gasteiger partial charge >= 0.3 is 0 Å². The molecule has 2 aliphatic heterocycles. The first-order valence-corrected chi connectivity index (χ1v) is 17.7. The number of nitrogens with zero attached hydrogens (tertiary/aromatic N) is 2. The molecule has 0 amide bonds. The van der Waals surface area contributed by atoms with Crippen molar-refractivity contribution >= 4 is 22.5 Å². The molecule has 224 valence electrons. The molecular formula is C40H49N2S+. The molecule has 2 nitrogen and oxygen atoms in total. The fraction of sp³-hybridized carbons (Fsp3) is 0.425. The second-order valence-electron chi connectivity index (χ2n) is 13.3. The molecule has 0 N–H and O–H groups in total. The van der Waals surface area contributed by atoms with Crippen LogP contribution >= 0.6 is 11.8 Å². The maximum absolute atomic E-state index is 2.72. The maximum Gasteiger partial charge on any atom is 0.234 e. The van der Waals surface area contributed by atoms with Gasteiger partial charge in [0.2, 0.25) is 5.04 Å². The van der Waals surface area contributed by atoms with E-state index in [4.69, 9.17) is 0 Å². The Labute approximate surface area is 264 Å². The first kappa shape index (κ1) is 30.0. The van der Waals surface area contributed by atoms with Crippen molar-refractivity contribution in [1.29, 1.82) is 0 Å². The van der Waals surface area contributed by atoms with Crippen molar-refractivity contribution < 1.29 is 4.58 Å². The van der Waals surface area contributed by atoms with Gasteiger partial charge in [-0.25, -0.2) is 4.58 Å². The fourth-order valence-electron chi connectivity index (χ4n) is 7.54. The van der Waals surface area contributed by atoms with Crippen LogP contribution in [0.3, 0.4) is 0 Å². The molecule has 1 saturated carbocycles. The van der Waals surface area contributed by atoms with E-state index < -0.39 is 0 Å². The molecule has 0 bridgehead atoms. The second kappa shape index (κ2) is 14.2. The maximum atomic E-state index is 2.72. The van der Waals surface area contributed by atoms with Gasteiger partial charge in [0, 0.05) is 35.8 Å². The van der Waals surface area contributed by atoms with Crippen LogP contribution in [0.4, 0.5) is 5.69 Å². The summed E-state index contributed by atoms with van der Waals surface area (Å²) in [5.41, 5.74) is 7.03. The average molecular weight is 590 g/mol. The van der Waals surface area contributed by atoms with Crippen LogP contribution < -0.4 is 4.90 Å². The molecule has 0 unspecified atom stereocenters. The predicted molar refractivity (Wildman–Crippen MR) is 186 cm³/mol. The summed E-state index contributed by atoms with van der Waals surface area (Å²) in [5.74, 6) is 2.79. The van der Waals surface area contributed by atoms with Crippen LogP contribution in [0.1, 0.15) is 69.1 Å². The van der Waals surface area contributed by atoms with E-state index in [0.717, 1.165) is 37.8 Å². The molecule has 2 heterocycles. The number of hydrogen-bond acceptors (Lipinski definition) is 2. The number of rotatable bonds is 12. The highest BCUT2D eigenvalue weighted by molar-refractivity contribution is 8.14. The summed E-state index contributed by atoms with van der Waals surface area (Å²) in [5, 5.41) is 1.43. The summed E-state index contributed by atoms with van der Waals surface area (Å²) in [6, 6.07) is 31.7. The van der Waals surface area contributed by atoms with Crippen LogP contribution in [0.5, 0.6) is 0 Å². The van der Waals surface area contributed by atoms with Crippen LogP contribution in [0.2, 0.25) is 0 Å². The van der Waals surface area contributed by atoms with E-state index in [9.17, 15) is 0 Å². The minimum atomic E-state index is -0.135. The number of benzene rings is 3. The quantitative estimate of drug-likeness (QED) is 0.194. The summed E-state index contributed by atoms with van der Waals surface area (Å²) < 4.78 is 2.60. The van der Waals surface area contributed by atoms with Gasteiger partial charge in [-0.15, -0.1) is 0 Å². The molecule has 0 aromatic heterocycles. The Morgan fingerprint density at radius 2 is 1.53 bits per heavy atom. The van der Waals surface area contributed by atoms with Gasteiger partial charge in [0.15, 0.2) is 6.54 Å². The summed E-state index contributed by atoms with van der Waals surface area (Å²) in [6.45, 7) is 8.09. The van der Waals surface area contributed by atoms with Gasteiger partial charge in [0.25, 0.3) is 0 Å². The molecule has 3 aliphatic rings. The summed E-state index contributed by atoms with van der Waals surface area (Å²) >= 11 is 2.02. The molecule has 0 atom stereocenters. The molecule has 0 radical (unpaired) electrons. The second-order valence-corrected chi connectivity index (χ2v) is 14.4. The predicted octanol–water partition coefficient (Wildman–Crippen LogP) is 9.45. The number of allylic oxidation sites excluding steroid dienone is 3. The normalized spacial score (nSPS) is 19.4. The van der Waals surface area contributed by atoms with Gasteiger partial charge in [-0.1, -0.05) is 136 Å². The van der Waals surface area contributed by atoms with Crippen LogP contribution in [-0.4, -0.2) is 35.0 Å². The molecule has 43 heavy (non-hydrogen) atoms. The van der Waals surface area contributed by atoms with Crippen molar-refractivity contribution in [2.45, 2.75) is 70.6 Å². The lowest BCUT2D eigenvalue weighted by molar-refractivity contribution is -0.518. The minimum Gasteiger partial charge on any atom is -0.344 e. The Bertz CT molecular complexity index is 1390. The lowest BCUT2D eigenvalue weighted by Crippen LogP contribution is -2.36. The van der Waals surface area contributed by atoms with E-state index >= 15 is 0 Å². The number of fused-ring (bicyclic) bond motifs is 1. The molecule has 3 aromatic carbocycles. The monoisotopic (exact) mass is 589 g/mol. The third kappa shape index (κ3) is 7.04. The average Bonchev–Trinajstić information content (AvgIpc) is 3.77. The van der Waals surface area contributed by atoms with Gasteiger partial charge in [-0.05, 0) is 59.9 Å². The standard InChI is InChI=1S/C40H49N2S/c1-32(2)24-26-41-28-29-43-39(41)23-13-22-38-40(30-34-16-5-3-6-17-34,31-35-18-7-4-8-19-35)36-20-11-12-21-37(36)42(38)27-25-33-14-9-10-15-33/h3-8,11-13,16-23,32-33H,9-10,14-15,24-31H2,1-2H3/q+1. The smallest absolute Gasteiger partial charge is 0.234 e. The SMILES string of the molecule is CC(C)CC[N+]1=C(/C=C/C=C2/N(CCC3CCCC3)c3ccccc3C2(Cc2ccccc2)Cc2ccccc2)SCC1. The lowest BCUT2D eigenvalue weighted by atomic mass is 9.70. The molecule has 3 aromatic rings. The van der Waals surface area contributed by atoms with Gasteiger partial charge in [0.1, 0.15) is 6.54 Å². The van der Waals surface area contributed by atoms with E-state index in [1.165, 1.54) is 83.9 Å². The van der Waals surface area contributed by atoms with Crippen LogP contribution in [0.15, 0.2) is 109 Å². The summed E-state index contributed by atoms with van der Waals surface area (Å²) in [6.07, 6.45) is 17.4. The van der Waals surface area contributed by atoms with Crippen molar-refractivity contribution in [2.24, 2.45) is 11.8 Å². The van der Waals surface area contributed by atoms with Crippen LogP contribution in [0, 0.1) is 11.8 Å². The zero-order valence-corrected chi connectivity index (χ0v) is 27.1. The lowest BCUT2D eigenvalue weighted by Gasteiger charge is -2.35. The first-order valence-electron chi connectivity index (χ1n) is 16.7.